The summed E-state index contributed by atoms with van der Waals surface area (Å²) in [4.78, 5) is 27.3. The van der Waals surface area contributed by atoms with Crippen molar-refractivity contribution in [3.05, 3.63) is 89.6 Å². The minimum atomic E-state index is -0.355. The van der Waals surface area contributed by atoms with Crippen LogP contribution in [0.25, 0.3) is 6.08 Å². The van der Waals surface area contributed by atoms with Crippen LogP contribution in [0.2, 0.25) is 0 Å². The van der Waals surface area contributed by atoms with Crippen molar-refractivity contribution in [2.45, 2.75) is 6.54 Å². The monoisotopic (exact) mass is 340 g/mol. The van der Waals surface area contributed by atoms with Gasteiger partial charge in [0.15, 0.2) is 5.84 Å². The van der Waals surface area contributed by atoms with Crippen LogP contribution in [0, 0.1) is 0 Å². The van der Waals surface area contributed by atoms with Crippen LogP contribution in [0.15, 0.2) is 87.9 Å². The predicted molar refractivity (Wildman–Crippen MR) is 104 cm³/mol. The van der Waals surface area contributed by atoms with E-state index < -0.39 is 0 Å². The molecule has 126 valence electrons. The zero-order valence-electron chi connectivity index (χ0n) is 14.0. The van der Waals surface area contributed by atoms with Gasteiger partial charge in [0.05, 0.1) is 6.54 Å². The number of amides is 1. The van der Waals surface area contributed by atoms with Gasteiger partial charge < -0.3 is 4.90 Å². The van der Waals surface area contributed by atoms with E-state index in [4.69, 9.17) is 0 Å². The molecule has 0 bridgehead atoms. The molecule has 4 rings (SSSR count). The summed E-state index contributed by atoms with van der Waals surface area (Å²) < 4.78 is 0. The molecule has 0 N–H and O–H groups in total. The molecule has 0 fully saturated rings. The first-order chi connectivity index (χ1) is 12.8. The van der Waals surface area contributed by atoms with Gasteiger partial charge in [0, 0.05) is 24.1 Å². The number of benzene rings is 2. The lowest BCUT2D eigenvalue weighted by atomic mass is 10.1. The summed E-state index contributed by atoms with van der Waals surface area (Å²) in [5.74, 6) is 0.558. The Bertz CT molecular complexity index is 984. The Labute approximate surface area is 151 Å². The quantitative estimate of drug-likeness (QED) is 0.786. The largest absolute Gasteiger partial charge is 0.313 e. The van der Waals surface area contributed by atoms with E-state index in [0.717, 1.165) is 16.7 Å². The molecule has 0 atom stereocenters. The minimum absolute atomic E-state index is 0.355. The molecule has 1 amide bonds. The van der Waals surface area contributed by atoms with Crippen LogP contribution in [0.1, 0.15) is 16.7 Å². The zero-order valence-corrected chi connectivity index (χ0v) is 14.0. The van der Waals surface area contributed by atoms with Crippen LogP contribution in [-0.2, 0) is 11.3 Å². The fourth-order valence-corrected chi connectivity index (χ4v) is 2.78. The Hall–Kier alpha value is -3.60. The molecule has 2 heterocycles. The van der Waals surface area contributed by atoms with E-state index in [1.54, 1.807) is 12.3 Å². The molecular weight excluding hydrogens is 324 g/mol. The zero-order chi connectivity index (χ0) is 17.8. The smallest absolute Gasteiger partial charge is 0.271 e. The maximum Gasteiger partial charge on any atom is 0.271 e. The molecule has 0 spiro atoms. The third-order valence-electron chi connectivity index (χ3n) is 4.04. The standard InChI is InChI=1S/C21H16N4O/c26-19(12-11-16-7-2-1-3-8-16)23-20-18-10-5-4-9-17(18)15-25-14-6-13-22-21(25)24-20/h1-14H,15H2/b12-11+,23-20?. The first-order valence-electron chi connectivity index (χ1n) is 8.30. The number of hydrogen-bond acceptors (Lipinski definition) is 3. The molecule has 5 heteroatoms. The number of carbonyl (C=O) groups is 1. The maximum absolute atomic E-state index is 12.4. The molecule has 0 saturated heterocycles. The van der Waals surface area contributed by atoms with Crippen molar-refractivity contribution in [3.8, 4) is 0 Å². The van der Waals surface area contributed by atoms with E-state index in [-0.39, 0.29) is 5.91 Å². The normalized spacial score (nSPS) is 17.0. The number of guanidine groups is 1. The molecule has 2 aliphatic heterocycles. The van der Waals surface area contributed by atoms with Gasteiger partial charge in [0.25, 0.3) is 5.91 Å². The van der Waals surface area contributed by atoms with Crippen LogP contribution in [0.5, 0.6) is 0 Å². The van der Waals surface area contributed by atoms with Gasteiger partial charge in [-0.25, -0.2) is 4.99 Å². The third-order valence-corrected chi connectivity index (χ3v) is 4.04. The Morgan fingerprint density at radius 2 is 1.88 bits per heavy atom. The molecular formula is C21H16N4O. The molecule has 26 heavy (non-hydrogen) atoms. The molecule has 2 aliphatic rings. The van der Waals surface area contributed by atoms with Crippen molar-refractivity contribution < 1.29 is 4.79 Å². The fraction of sp³-hybridized carbons (Fsp3) is 0.0476. The fourth-order valence-electron chi connectivity index (χ4n) is 2.78. The third kappa shape index (κ3) is 3.42. The van der Waals surface area contributed by atoms with Gasteiger partial charge in [-0.2, -0.15) is 9.98 Å². The Morgan fingerprint density at radius 1 is 1.08 bits per heavy atom. The maximum atomic E-state index is 12.4. The SMILES string of the molecule is O=C(/C=C/c1ccccc1)N=C1N=C2N=CC=CN2Cc2ccccc21. The highest BCUT2D eigenvalue weighted by Crippen LogP contribution is 2.20. The molecule has 0 saturated carbocycles. The number of amidine groups is 1. The second-order valence-corrected chi connectivity index (χ2v) is 5.83. The average Bonchev–Trinajstić information content (AvgIpc) is 2.84. The first kappa shape index (κ1) is 15.9. The molecule has 0 aromatic heterocycles. The van der Waals surface area contributed by atoms with Crippen molar-refractivity contribution in [2.75, 3.05) is 0 Å². The van der Waals surface area contributed by atoms with Crippen LogP contribution in [0.3, 0.4) is 0 Å². The Balaban J connectivity index is 1.70. The van der Waals surface area contributed by atoms with Gasteiger partial charge in [-0.1, -0.05) is 54.6 Å². The van der Waals surface area contributed by atoms with Crippen molar-refractivity contribution in [2.24, 2.45) is 15.0 Å². The summed E-state index contributed by atoms with van der Waals surface area (Å²) in [6, 6.07) is 17.5. The van der Waals surface area contributed by atoms with Gasteiger partial charge >= 0.3 is 0 Å². The van der Waals surface area contributed by atoms with Crippen LogP contribution < -0.4 is 0 Å². The average molecular weight is 340 g/mol. The second-order valence-electron chi connectivity index (χ2n) is 5.83. The lowest BCUT2D eigenvalue weighted by Crippen LogP contribution is -2.24. The number of aliphatic imine (C=N–C) groups is 3. The van der Waals surface area contributed by atoms with Gasteiger partial charge in [-0.05, 0) is 23.3 Å². The Kier molecular flexibility index (Phi) is 4.35. The number of fused-ring (bicyclic) bond motifs is 2. The number of rotatable bonds is 2. The van der Waals surface area contributed by atoms with Crippen molar-refractivity contribution in [1.29, 1.82) is 0 Å². The van der Waals surface area contributed by atoms with E-state index in [1.165, 1.54) is 6.08 Å². The van der Waals surface area contributed by atoms with Crippen molar-refractivity contribution >= 4 is 30.0 Å². The summed E-state index contributed by atoms with van der Waals surface area (Å²) in [5, 5.41) is 0. The van der Waals surface area contributed by atoms with E-state index in [9.17, 15) is 4.79 Å². The highest BCUT2D eigenvalue weighted by Gasteiger charge is 2.21. The van der Waals surface area contributed by atoms with Crippen LogP contribution in [0.4, 0.5) is 0 Å². The van der Waals surface area contributed by atoms with Crippen molar-refractivity contribution in [1.82, 2.24) is 4.90 Å². The summed E-state index contributed by atoms with van der Waals surface area (Å²) in [6.45, 7) is 0.635. The molecule has 0 unspecified atom stereocenters. The summed E-state index contributed by atoms with van der Waals surface area (Å²) in [7, 11) is 0. The van der Waals surface area contributed by atoms with Gasteiger partial charge in [0.1, 0.15) is 0 Å². The van der Waals surface area contributed by atoms with E-state index in [0.29, 0.717) is 18.3 Å². The minimum Gasteiger partial charge on any atom is -0.313 e. The topological polar surface area (TPSA) is 57.4 Å². The number of nitrogens with zero attached hydrogens (tertiary/aromatic N) is 4. The van der Waals surface area contributed by atoms with Crippen molar-refractivity contribution in [3.63, 3.8) is 0 Å². The summed E-state index contributed by atoms with van der Waals surface area (Å²) >= 11 is 0. The number of hydrogen-bond donors (Lipinski definition) is 0. The van der Waals surface area contributed by atoms with E-state index in [2.05, 4.69) is 15.0 Å². The molecule has 0 radical (unpaired) electrons. The van der Waals surface area contributed by atoms with Gasteiger partial charge in [-0.15, -0.1) is 0 Å². The lowest BCUT2D eigenvalue weighted by Gasteiger charge is -2.19. The van der Waals surface area contributed by atoms with Crippen LogP contribution >= 0.6 is 0 Å². The van der Waals surface area contributed by atoms with Gasteiger partial charge in [-0.3, -0.25) is 4.79 Å². The highest BCUT2D eigenvalue weighted by molar-refractivity contribution is 6.14. The van der Waals surface area contributed by atoms with Gasteiger partial charge in [0.2, 0.25) is 5.96 Å². The van der Waals surface area contributed by atoms with Crippen LogP contribution in [-0.4, -0.2) is 28.8 Å². The predicted octanol–water partition coefficient (Wildman–Crippen LogP) is 3.44. The first-order valence-corrected chi connectivity index (χ1v) is 8.30. The highest BCUT2D eigenvalue weighted by atomic mass is 16.1. The molecule has 2 aromatic rings. The number of allylic oxidation sites excluding steroid dienone is 1. The number of carbonyl (C=O) groups excluding carboxylic acids is 1. The van der Waals surface area contributed by atoms with E-state index in [1.807, 2.05) is 71.8 Å². The molecule has 2 aromatic carbocycles. The second kappa shape index (κ2) is 7.11. The Morgan fingerprint density at radius 3 is 2.77 bits per heavy atom. The van der Waals surface area contributed by atoms with E-state index >= 15 is 0 Å². The summed E-state index contributed by atoms with van der Waals surface area (Å²) in [5.41, 5.74) is 2.84. The lowest BCUT2D eigenvalue weighted by molar-refractivity contribution is -0.113. The molecule has 0 aliphatic carbocycles. The molecule has 5 nitrogen and oxygen atoms in total. The summed E-state index contributed by atoms with van der Waals surface area (Å²) in [6.07, 6.45) is 8.66.